The van der Waals surface area contributed by atoms with Crippen molar-refractivity contribution in [1.82, 2.24) is 9.88 Å². The topological polar surface area (TPSA) is 60.2 Å². The van der Waals surface area contributed by atoms with Crippen LogP contribution in [0.2, 0.25) is 0 Å². The summed E-state index contributed by atoms with van der Waals surface area (Å²) in [7, 11) is 0. The van der Waals surface area contributed by atoms with Crippen molar-refractivity contribution in [3.05, 3.63) is 36.0 Å². The molecule has 1 fully saturated rings. The van der Waals surface area contributed by atoms with E-state index >= 15 is 0 Å². The highest BCUT2D eigenvalue weighted by Crippen LogP contribution is 2.22. The SMILES string of the molecule is N#Cc1ccc(N2CCN(C(=O)C[C@H]3C=CCC3)CC2)nc1. The number of carbonyl (C=O) groups is 1. The van der Waals surface area contributed by atoms with Gasteiger partial charge in [-0.05, 0) is 30.9 Å². The summed E-state index contributed by atoms with van der Waals surface area (Å²) < 4.78 is 0. The molecule has 3 rings (SSSR count). The summed E-state index contributed by atoms with van der Waals surface area (Å²) in [6.07, 6.45) is 8.81. The highest BCUT2D eigenvalue weighted by Gasteiger charge is 2.24. The molecule has 1 aromatic rings. The Morgan fingerprint density at radius 1 is 1.32 bits per heavy atom. The van der Waals surface area contributed by atoms with Crippen LogP contribution >= 0.6 is 0 Å². The van der Waals surface area contributed by atoms with Gasteiger partial charge in [-0.1, -0.05) is 12.2 Å². The zero-order chi connectivity index (χ0) is 15.4. The Kier molecular flexibility index (Phi) is 4.38. The van der Waals surface area contributed by atoms with Crippen molar-refractivity contribution < 1.29 is 4.79 Å². The van der Waals surface area contributed by atoms with E-state index in [-0.39, 0.29) is 5.91 Å². The van der Waals surface area contributed by atoms with E-state index in [9.17, 15) is 4.79 Å². The molecule has 114 valence electrons. The number of rotatable bonds is 3. The first-order valence-corrected chi connectivity index (χ1v) is 7.82. The normalized spacial score (nSPS) is 21.0. The lowest BCUT2D eigenvalue weighted by Gasteiger charge is -2.35. The minimum Gasteiger partial charge on any atom is -0.353 e. The van der Waals surface area contributed by atoms with E-state index in [4.69, 9.17) is 5.26 Å². The molecule has 0 spiro atoms. The third-order valence-electron chi connectivity index (χ3n) is 4.38. The molecule has 5 heteroatoms. The average molecular weight is 296 g/mol. The second-order valence-electron chi connectivity index (χ2n) is 5.85. The second-order valence-corrected chi connectivity index (χ2v) is 5.85. The van der Waals surface area contributed by atoms with Gasteiger partial charge in [0.2, 0.25) is 5.91 Å². The summed E-state index contributed by atoms with van der Waals surface area (Å²) in [4.78, 5) is 20.8. The van der Waals surface area contributed by atoms with Crippen LogP contribution in [0.25, 0.3) is 0 Å². The number of amides is 1. The molecular weight excluding hydrogens is 276 g/mol. The van der Waals surface area contributed by atoms with Gasteiger partial charge < -0.3 is 9.80 Å². The van der Waals surface area contributed by atoms with Gasteiger partial charge in [-0.15, -0.1) is 0 Å². The molecule has 0 N–H and O–H groups in total. The molecule has 0 unspecified atom stereocenters. The molecular formula is C17H20N4O. The Morgan fingerprint density at radius 3 is 2.73 bits per heavy atom. The van der Waals surface area contributed by atoms with Crippen LogP contribution in [0.3, 0.4) is 0 Å². The number of anilines is 1. The van der Waals surface area contributed by atoms with Crippen LogP contribution < -0.4 is 4.90 Å². The standard InChI is InChI=1S/C17H20N4O/c18-12-15-5-6-16(19-13-15)20-7-9-21(10-8-20)17(22)11-14-3-1-2-4-14/h1,3,5-6,13-14H,2,4,7-11H2/t14-/m0/s1. The zero-order valence-corrected chi connectivity index (χ0v) is 12.6. The van der Waals surface area contributed by atoms with Crippen molar-refractivity contribution in [3.63, 3.8) is 0 Å². The predicted octanol–water partition coefficient (Wildman–Crippen LogP) is 1.96. The third kappa shape index (κ3) is 3.28. The number of hydrogen-bond donors (Lipinski definition) is 0. The van der Waals surface area contributed by atoms with Crippen molar-refractivity contribution in [2.24, 2.45) is 5.92 Å². The van der Waals surface area contributed by atoms with Crippen LogP contribution in [0.1, 0.15) is 24.8 Å². The summed E-state index contributed by atoms with van der Waals surface area (Å²) >= 11 is 0. The van der Waals surface area contributed by atoms with Crippen LogP contribution in [0, 0.1) is 17.2 Å². The number of pyridine rings is 1. The molecule has 1 aliphatic heterocycles. The van der Waals surface area contributed by atoms with Gasteiger partial charge in [-0.2, -0.15) is 5.26 Å². The Bertz CT molecular complexity index is 594. The van der Waals surface area contributed by atoms with Gasteiger partial charge in [0.25, 0.3) is 0 Å². The zero-order valence-electron chi connectivity index (χ0n) is 12.6. The highest BCUT2D eigenvalue weighted by molar-refractivity contribution is 5.77. The summed E-state index contributed by atoms with van der Waals surface area (Å²) in [6.45, 7) is 3.09. The fourth-order valence-electron chi connectivity index (χ4n) is 3.04. The molecule has 22 heavy (non-hydrogen) atoms. The molecule has 1 amide bonds. The maximum absolute atomic E-state index is 12.3. The molecule has 1 aromatic heterocycles. The molecule has 5 nitrogen and oxygen atoms in total. The number of hydrogen-bond acceptors (Lipinski definition) is 4. The van der Waals surface area contributed by atoms with Crippen molar-refractivity contribution >= 4 is 11.7 Å². The number of nitrogens with zero attached hydrogens (tertiary/aromatic N) is 4. The van der Waals surface area contributed by atoms with E-state index in [0.717, 1.165) is 44.8 Å². The van der Waals surface area contributed by atoms with E-state index in [1.807, 2.05) is 11.0 Å². The van der Waals surface area contributed by atoms with Crippen molar-refractivity contribution in [3.8, 4) is 6.07 Å². The summed E-state index contributed by atoms with van der Waals surface area (Å²) in [6, 6.07) is 5.73. The smallest absolute Gasteiger partial charge is 0.223 e. The summed E-state index contributed by atoms with van der Waals surface area (Å²) in [5.41, 5.74) is 0.571. The van der Waals surface area contributed by atoms with Gasteiger partial charge in [-0.25, -0.2) is 4.98 Å². The molecule has 0 radical (unpaired) electrons. The molecule has 0 saturated carbocycles. The second kappa shape index (κ2) is 6.61. The summed E-state index contributed by atoms with van der Waals surface area (Å²) in [5, 5.41) is 8.80. The lowest BCUT2D eigenvalue weighted by molar-refractivity contribution is -0.132. The molecule has 2 aliphatic rings. The Morgan fingerprint density at radius 2 is 2.14 bits per heavy atom. The average Bonchev–Trinajstić information content (AvgIpc) is 3.08. The molecule has 1 aliphatic carbocycles. The minimum atomic E-state index is 0.268. The number of allylic oxidation sites excluding steroid dienone is 2. The number of piperazine rings is 1. The highest BCUT2D eigenvalue weighted by atomic mass is 16.2. The lowest BCUT2D eigenvalue weighted by Crippen LogP contribution is -2.49. The Balaban J connectivity index is 1.52. The fourth-order valence-corrected chi connectivity index (χ4v) is 3.04. The first kappa shape index (κ1) is 14.6. The molecule has 1 saturated heterocycles. The first-order chi connectivity index (χ1) is 10.8. The van der Waals surface area contributed by atoms with Crippen molar-refractivity contribution in [2.75, 3.05) is 31.1 Å². The van der Waals surface area contributed by atoms with Crippen LogP contribution in [0.4, 0.5) is 5.82 Å². The maximum Gasteiger partial charge on any atom is 0.223 e. The van der Waals surface area contributed by atoms with Gasteiger partial charge in [0, 0.05) is 38.8 Å². The minimum absolute atomic E-state index is 0.268. The van der Waals surface area contributed by atoms with Crippen LogP contribution in [-0.4, -0.2) is 42.0 Å². The maximum atomic E-state index is 12.3. The monoisotopic (exact) mass is 296 g/mol. The van der Waals surface area contributed by atoms with Gasteiger partial charge in [0.05, 0.1) is 5.56 Å². The quantitative estimate of drug-likeness (QED) is 0.800. The molecule has 0 aromatic carbocycles. The van der Waals surface area contributed by atoms with E-state index in [1.54, 1.807) is 12.3 Å². The Labute approximate surface area is 130 Å². The van der Waals surface area contributed by atoms with Gasteiger partial charge in [-0.3, -0.25) is 4.79 Å². The van der Waals surface area contributed by atoms with E-state index in [2.05, 4.69) is 28.1 Å². The van der Waals surface area contributed by atoms with Gasteiger partial charge in [0.1, 0.15) is 11.9 Å². The lowest BCUT2D eigenvalue weighted by atomic mass is 10.0. The molecule has 1 atom stereocenters. The van der Waals surface area contributed by atoms with Gasteiger partial charge in [0.15, 0.2) is 0 Å². The van der Waals surface area contributed by atoms with Crippen molar-refractivity contribution in [1.29, 1.82) is 5.26 Å². The fraction of sp³-hybridized carbons (Fsp3) is 0.471. The van der Waals surface area contributed by atoms with E-state index in [0.29, 0.717) is 17.9 Å². The van der Waals surface area contributed by atoms with Crippen LogP contribution in [0.15, 0.2) is 30.5 Å². The predicted molar refractivity (Wildman–Crippen MR) is 84.2 cm³/mol. The summed E-state index contributed by atoms with van der Waals surface area (Å²) in [5.74, 6) is 1.58. The number of carbonyl (C=O) groups excluding carboxylic acids is 1. The third-order valence-corrected chi connectivity index (χ3v) is 4.38. The first-order valence-electron chi connectivity index (χ1n) is 7.82. The molecule has 2 heterocycles. The largest absolute Gasteiger partial charge is 0.353 e. The molecule has 0 bridgehead atoms. The van der Waals surface area contributed by atoms with Crippen LogP contribution in [-0.2, 0) is 4.79 Å². The van der Waals surface area contributed by atoms with E-state index in [1.165, 1.54) is 0 Å². The number of aromatic nitrogens is 1. The van der Waals surface area contributed by atoms with Crippen molar-refractivity contribution in [2.45, 2.75) is 19.3 Å². The van der Waals surface area contributed by atoms with E-state index < -0.39 is 0 Å². The number of nitriles is 1. The Hall–Kier alpha value is -2.35. The van der Waals surface area contributed by atoms with Crippen LogP contribution in [0.5, 0.6) is 0 Å². The van der Waals surface area contributed by atoms with Gasteiger partial charge >= 0.3 is 0 Å².